The second-order valence-corrected chi connectivity index (χ2v) is 13.5. The van der Waals surface area contributed by atoms with Gasteiger partial charge in [-0.05, 0) is 79.9 Å². The predicted octanol–water partition coefficient (Wildman–Crippen LogP) is 10.5. The zero-order valence-electron chi connectivity index (χ0n) is 29.3. The molecule has 0 radical (unpaired) electrons. The van der Waals surface area contributed by atoms with Crippen molar-refractivity contribution in [2.45, 2.75) is 116 Å². The van der Waals surface area contributed by atoms with Gasteiger partial charge in [-0.25, -0.2) is 0 Å². The van der Waals surface area contributed by atoms with Gasteiger partial charge in [0.05, 0.1) is 14.2 Å². The summed E-state index contributed by atoms with van der Waals surface area (Å²) in [7, 11) is 3.39. The third-order valence-corrected chi connectivity index (χ3v) is 9.72. The van der Waals surface area contributed by atoms with E-state index in [1.165, 1.54) is 100 Å². The van der Waals surface area contributed by atoms with Crippen molar-refractivity contribution in [3.8, 4) is 11.5 Å². The van der Waals surface area contributed by atoms with Crippen LogP contribution in [0.1, 0.15) is 120 Å². The lowest BCUT2D eigenvalue weighted by atomic mass is 9.89. The first-order valence-electron chi connectivity index (χ1n) is 18.3. The van der Waals surface area contributed by atoms with Gasteiger partial charge in [0, 0.05) is 18.7 Å². The zero-order valence-corrected chi connectivity index (χ0v) is 29.3. The third-order valence-electron chi connectivity index (χ3n) is 9.72. The van der Waals surface area contributed by atoms with Crippen LogP contribution in [-0.2, 0) is 22.4 Å². The molecule has 254 valence electrons. The fourth-order valence-corrected chi connectivity index (χ4v) is 7.02. The van der Waals surface area contributed by atoms with Crippen molar-refractivity contribution in [2.24, 2.45) is 5.92 Å². The summed E-state index contributed by atoms with van der Waals surface area (Å²) in [5.41, 5.74) is 5.08. The van der Waals surface area contributed by atoms with Gasteiger partial charge in [0.25, 0.3) is 0 Å². The Bertz CT molecular complexity index is 1200. The summed E-state index contributed by atoms with van der Waals surface area (Å²) in [4.78, 5) is 2.59. The summed E-state index contributed by atoms with van der Waals surface area (Å²) in [6, 6.07) is 15.0. The highest BCUT2D eigenvalue weighted by Crippen LogP contribution is 2.44. The van der Waals surface area contributed by atoms with Gasteiger partial charge in [0.15, 0.2) is 11.5 Å². The second kappa shape index (κ2) is 20.5. The summed E-state index contributed by atoms with van der Waals surface area (Å²) >= 11 is 0. The number of likely N-dealkylation sites (tertiary alicyclic amines) is 1. The molecule has 0 spiro atoms. The van der Waals surface area contributed by atoms with Crippen molar-refractivity contribution in [3.63, 3.8) is 0 Å². The molecule has 1 aliphatic carbocycles. The van der Waals surface area contributed by atoms with Crippen LogP contribution in [0.5, 0.6) is 11.5 Å². The minimum Gasteiger partial charge on any atom is -0.493 e. The van der Waals surface area contributed by atoms with Crippen molar-refractivity contribution in [2.75, 3.05) is 40.5 Å². The molecule has 5 nitrogen and oxygen atoms in total. The Morgan fingerprint density at radius 2 is 1.41 bits per heavy atom. The average molecular weight is 632 g/mol. The highest BCUT2D eigenvalue weighted by atomic mass is 16.5. The van der Waals surface area contributed by atoms with Crippen LogP contribution in [0.25, 0.3) is 5.76 Å². The maximum Gasteiger partial charge on any atom is 0.161 e. The molecule has 2 aromatic carbocycles. The Labute approximate surface area is 280 Å². The fraction of sp³-hybridized carbons (Fsp3) is 0.610. The topological polar surface area (TPSA) is 40.2 Å². The van der Waals surface area contributed by atoms with Crippen LogP contribution in [0, 0.1) is 5.92 Å². The largest absolute Gasteiger partial charge is 0.493 e. The van der Waals surface area contributed by atoms with Gasteiger partial charge >= 0.3 is 0 Å². The van der Waals surface area contributed by atoms with E-state index >= 15 is 0 Å². The number of ether oxygens (including phenoxy) is 4. The summed E-state index contributed by atoms with van der Waals surface area (Å²) in [5, 5.41) is 0. The van der Waals surface area contributed by atoms with E-state index < -0.39 is 0 Å². The van der Waals surface area contributed by atoms with Crippen molar-refractivity contribution < 1.29 is 18.9 Å². The van der Waals surface area contributed by atoms with E-state index in [2.05, 4.69) is 60.9 Å². The molecule has 0 N–H and O–H groups in total. The molecule has 4 rings (SSSR count). The van der Waals surface area contributed by atoms with E-state index in [4.69, 9.17) is 18.9 Å². The van der Waals surface area contributed by atoms with Gasteiger partial charge in [-0.15, -0.1) is 0 Å². The minimum atomic E-state index is 0.426. The monoisotopic (exact) mass is 631 g/mol. The maximum absolute atomic E-state index is 6.53. The van der Waals surface area contributed by atoms with Crippen molar-refractivity contribution in [1.82, 2.24) is 4.90 Å². The molecule has 1 aliphatic heterocycles. The van der Waals surface area contributed by atoms with Gasteiger partial charge in [0.1, 0.15) is 18.1 Å². The van der Waals surface area contributed by atoms with Crippen LogP contribution in [-0.4, -0.2) is 45.4 Å². The van der Waals surface area contributed by atoms with Crippen LogP contribution >= 0.6 is 0 Å². The SMILES string of the molecule is C=C(COCCCCCCCCCCCCCC)OC1=C(CC2CCN(Cc3ccccc3)CC2)Cc2cc(OC)c(OC)cc21. The van der Waals surface area contributed by atoms with Crippen LogP contribution in [0.3, 0.4) is 0 Å². The van der Waals surface area contributed by atoms with E-state index in [0.29, 0.717) is 18.3 Å². The minimum absolute atomic E-state index is 0.426. The summed E-state index contributed by atoms with van der Waals surface area (Å²) < 4.78 is 23.8. The smallest absolute Gasteiger partial charge is 0.161 e. The molecule has 1 fully saturated rings. The van der Waals surface area contributed by atoms with Crippen LogP contribution in [0.4, 0.5) is 0 Å². The molecule has 0 saturated carbocycles. The van der Waals surface area contributed by atoms with Gasteiger partial charge in [-0.2, -0.15) is 0 Å². The molecule has 1 saturated heterocycles. The zero-order chi connectivity index (χ0) is 32.4. The molecule has 0 amide bonds. The van der Waals surface area contributed by atoms with Crippen LogP contribution in [0.15, 0.2) is 60.4 Å². The normalized spacial score (nSPS) is 15.3. The van der Waals surface area contributed by atoms with Crippen molar-refractivity contribution >= 4 is 5.76 Å². The van der Waals surface area contributed by atoms with E-state index in [1.54, 1.807) is 14.2 Å². The Morgan fingerprint density at radius 1 is 0.804 bits per heavy atom. The number of unbranched alkanes of at least 4 members (excludes halogenated alkanes) is 11. The van der Waals surface area contributed by atoms with E-state index in [1.807, 2.05) is 0 Å². The Balaban J connectivity index is 1.22. The standard InChI is InChI=1S/C41H61NO4/c1-5-6-7-8-9-10-11-12-13-14-15-19-26-45-32-33(2)46-41-37(28-36-29-39(43-3)40(44-4)30-38(36)41)27-34-22-24-42(25-23-34)31-35-20-17-16-18-21-35/h16-18,20-21,29-30,34H,2,5-15,19,22-28,31-32H2,1,3-4H3. The molecule has 2 aromatic rings. The molecular weight excluding hydrogens is 570 g/mol. The number of allylic oxidation sites excluding steroid dienone is 1. The molecule has 46 heavy (non-hydrogen) atoms. The summed E-state index contributed by atoms with van der Waals surface area (Å²) in [6.45, 7) is 11.0. The molecule has 0 unspecified atom stereocenters. The summed E-state index contributed by atoms with van der Waals surface area (Å²) in [5.74, 6) is 3.76. The maximum atomic E-state index is 6.53. The highest BCUT2D eigenvalue weighted by Gasteiger charge is 2.29. The van der Waals surface area contributed by atoms with Crippen molar-refractivity contribution in [1.29, 1.82) is 0 Å². The molecular formula is C41H61NO4. The number of hydrogen-bond donors (Lipinski definition) is 0. The number of methoxy groups -OCH3 is 2. The van der Waals surface area contributed by atoms with Crippen LogP contribution in [0.2, 0.25) is 0 Å². The molecule has 0 atom stereocenters. The molecule has 0 bridgehead atoms. The Hall–Kier alpha value is -2.76. The lowest BCUT2D eigenvalue weighted by Crippen LogP contribution is -2.33. The first-order valence-corrected chi connectivity index (χ1v) is 18.3. The van der Waals surface area contributed by atoms with E-state index in [0.717, 1.165) is 68.3 Å². The number of nitrogens with zero attached hydrogens (tertiary/aromatic N) is 1. The Kier molecular flexibility index (Phi) is 16.1. The van der Waals surface area contributed by atoms with Gasteiger partial charge in [0.2, 0.25) is 0 Å². The quantitative estimate of drug-likeness (QED) is 0.0901. The second-order valence-electron chi connectivity index (χ2n) is 13.5. The van der Waals surface area contributed by atoms with Gasteiger partial charge < -0.3 is 18.9 Å². The first kappa shape index (κ1) is 36.1. The first-order chi connectivity index (χ1) is 22.6. The van der Waals surface area contributed by atoms with E-state index in [9.17, 15) is 0 Å². The fourth-order valence-electron chi connectivity index (χ4n) is 7.02. The average Bonchev–Trinajstić information content (AvgIpc) is 3.40. The van der Waals surface area contributed by atoms with Gasteiger partial charge in [-0.1, -0.05) is 114 Å². The number of benzene rings is 2. The lowest BCUT2D eigenvalue weighted by Gasteiger charge is -2.32. The third kappa shape index (κ3) is 11.8. The molecule has 5 heteroatoms. The lowest BCUT2D eigenvalue weighted by molar-refractivity contribution is 0.123. The van der Waals surface area contributed by atoms with Gasteiger partial charge in [-0.3, -0.25) is 4.90 Å². The van der Waals surface area contributed by atoms with Crippen molar-refractivity contribution in [3.05, 3.63) is 77.1 Å². The Morgan fingerprint density at radius 3 is 2.04 bits per heavy atom. The summed E-state index contributed by atoms with van der Waals surface area (Å²) in [6.07, 6.45) is 20.5. The molecule has 1 heterocycles. The van der Waals surface area contributed by atoms with E-state index in [-0.39, 0.29) is 0 Å². The number of rotatable bonds is 23. The molecule has 2 aliphatic rings. The molecule has 0 aromatic heterocycles. The number of piperidine rings is 1. The number of hydrogen-bond acceptors (Lipinski definition) is 5. The van der Waals surface area contributed by atoms with Crippen LogP contribution < -0.4 is 9.47 Å². The highest BCUT2D eigenvalue weighted by molar-refractivity contribution is 5.75. The number of fused-ring (bicyclic) bond motifs is 1. The predicted molar refractivity (Wildman–Crippen MR) is 191 cm³/mol.